The molecule has 0 aliphatic heterocycles. The summed E-state index contributed by atoms with van der Waals surface area (Å²) in [7, 11) is 1.44. The molecule has 0 heterocycles. The molecule has 1 fully saturated rings. The summed E-state index contributed by atoms with van der Waals surface area (Å²) >= 11 is 0. The van der Waals surface area contributed by atoms with E-state index in [4.69, 9.17) is 4.74 Å². The highest BCUT2D eigenvalue weighted by molar-refractivity contribution is 5.46. The lowest BCUT2D eigenvalue weighted by molar-refractivity contribution is -0.0518. The molecule has 0 spiro atoms. The second-order valence-electron chi connectivity index (χ2n) is 5.45. The van der Waals surface area contributed by atoms with E-state index < -0.39 is 6.61 Å². The van der Waals surface area contributed by atoms with Crippen LogP contribution >= 0.6 is 0 Å². The number of rotatable bonds is 6. The Balaban J connectivity index is 2.09. The van der Waals surface area contributed by atoms with E-state index in [-0.39, 0.29) is 5.75 Å². The Hall–Kier alpha value is -1.36. The van der Waals surface area contributed by atoms with Crippen LogP contribution < -0.4 is 14.8 Å². The molecule has 0 saturated heterocycles. The Morgan fingerprint density at radius 2 is 2.11 bits per heavy atom. The molecule has 1 aromatic rings. The summed E-state index contributed by atoms with van der Waals surface area (Å²) in [4.78, 5) is 0. The molecular weight excluding hydrogens is 252 g/mol. The lowest BCUT2D eigenvalue weighted by Crippen LogP contribution is -2.20. The summed E-state index contributed by atoms with van der Waals surface area (Å²) in [6.45, 7) is 1.99. The number of hydrogen-bond acceptors (Lipinski definition) is 3. The molecule has 1 aliphatic carbocycles. The zero-order valence-electron chi connectivity index (χ0n) is 11.4. The van der Waals surface area contributed by atoms with Gasteiger partial charge in [0.15, 0.2) is 11.5 Å². The van der Waals surface area contributed by atoms with Gasteiger partial charge in [-0.05, 0) is 17.9 Å². The van der Waals surface area contributed by atoms with E-state index in [1.54, 1.807) is 18.2 Å². The van der Waals surface area contributed by atoms with Crippen molar-refractivity contribution in [2.24, 2.45) is 5.41 Å². The van der Waals surface area contributed by atoms with Crippen LogP contribution in [-0.2, 0) is 6.54 Å². The average Bonchev–Trinajstić information content (AvgIpc) is 2.95. The number of para-hydroxylation sites is 1. The molecule has 1 N–H and O–H groups in total. The Morgan fingerprint density at radius 1 is 1.42 bits per heavy atom. The van der Waals surface area contributed by atoms with Crippen LogP contribution in [0.1, 0.15) is 25.8 Å². The smallest absolute Gasteiger partial charge is 0.387 e. The van der Waals surface area contributed by atoms with Crippen molar-refractivity contribution >= 4 is 0 Å². The monoisotopic (exact) mass is 271 g/mol. The first-order chi connectivity index (χ1) is 8.94. The molecule has 1 saturated carbocycles. The lowest BCUT2D eigenvalue weighted by Gasteiger charge is -2.15. The molecule has 1 aliphatic rings. The van der Waals surface area contributed by atoms with Gasteiger partial charge in [0.2, 0.25) is 0 Å². The van der Waals surface area contributed by atoms with Gasteiger partial charge in [0.1, 0.15) is 0 Å². The Morgan fingerprint density at radius 3 is 2.63 bits per heavy atom. The van der Waals surface area contributed by atoms with Gasteiger partial charge in [-0.2, -0.15) is 8.78 Å². The maximum Gasteiger partial charge on any atom is 0.387 e. The lowest BCUT2D eigenvalue weighted by atomic mass is 10.1. The number of hydrogen-bond donors (Lipinski definition) is 1. The molecule has 3 nitrogen and oxygen atoms in total. The number of halogens is 2. The molecule has 0 radical (unpaired) electrons. The third kappa shape index (κ3) is 3.35. The number of ether oxygens (including phenoxy) is 2. The molecule has 19 heavy (non-hydrogen) atoms. The van der Waals surface area contributed by atoms with E-state index in [9.17, 15) is 8.78 Å². The normalized spacial score (nSPS) is 20.4. The molecule has 1 atom stereocenters. The van der Waals surface area contributed by atoms with Crippen molar-refractivity contribution in [2.45, 2.75) is 39.5 Å². The number of benzene rings is 1. The second kappa shape index (κ2) is 5.33. The van der Waals surface area contributed by atoms with Gasteiger partial charge in [0, 0.05) is 18.2 Å². The highest BCUT2D eigenvalue weighted by atomic mass is 19.3. The van der Waals surface area contributed by atoms with Gasteiger partial charge in [-0.25, -0.2) is 0 Å². The van der Waals surface area contributed by atoms with Crippen LogP contribution in [0.2, 0.25) is 0 Å². The Bertz CT molecular complexity index is 449. The molecule has 0 bridgehead atoms. The van der Waals surface area contributed by atoms with Crippen molar-refractivity contribution in [1.29, 1.82) is 0 Å². The van der Waals surface area contributed by atoms with E-state index in [0.29, 0.717) is 29.3 Å². The van der Waals surface area contributed by atoms with E-state index >= 15 is 0 Å². The summed E-state index contributed by atoms with van der Waals surface area (Å²) in [6, 6.07) is 5.58. The fraction of sp³-hybridized carbons (Fsp3) is 0.571. The molecule has 2 rings (SSSR count). The van der Waals surface area contributed by atoms with Gasteiger partial charge in [-0.3, -0.25) is 0 Å². The molecule has 0 aromatic heterocycles. The topological polar surface area (TPSA) is 30.5 Å². The van der Waals surface area contributed by atoms with Crippen LogP contribution in [0.3, 0.4) is 0 Å². The van der Waals surface area contributed by atoms with E-state index in [1.165, 1.54) is 7.11 Å². The predicted octanol–water partition coefficient (Wildman–Crippen LogP) is 3.18. The number of nitrogens with one attached hydrogen (secondary N) is 1. The van der Waals surface area contributed by atoms with E-state index in [0.717, 1.165) is 6.42 Å². The van der Waals surface area contributed by atoms with Crippen molar-refractivity contribution < 1.29 is 18.3 Å². The highest BCUT2D eigenvalue weighted by Crippen LogP contribution is 2.45. The zero-order chi connectivity index (χ0) is 14.0. The summed E-state index contributed by atoms with van der Waals surface area (Å²) < 4.78 is 34.5. The average molecular weight is 271 g/mol. The second-order valence-corrected chi connectivity index (χ2v) is 5.45. The van der Waals surface area contributed by atoms with Crippen LogP contribution in [0, 0.1) is 5.41 Å². The van der Waals surface area contributed by atoms with Gasteiger partial charge in [-0.1, -0.05) is 26.0 Å². The van der Waals surface area contributed by atoms with E-state index in [1.807, 2.05) is 0 Å². The summed E-state index contributed by atoms with van der Waals surface area (Å²) in [6.07, 6.45) is 1.10. The molecule has 5 heteroatoms. The van der Waals surface area contributed by atoms with Crippen LogP contribution in [-0.4, -0.2) is 19.8 Å². The third-order valence-corrected chi connectivity index (χ3v) is 3.54. The summed E-state index contributed by atoms with van der Waals surface area (Å²) in [5, 5.41) is 3.35. The van der Waals surface area contributed by atoms with Gasteiger partial charge >= 0.3 is 6.61 Å². The van der Waals surface area contributed by atoms with Crippen molar-refractivity contribution in [2.75, 3.05) is 7.11 Å². The minimum atomic E-state index is -2.85. The van der Waals surface area contributed by atoms with E-state index in [2.05, 4.69) is 23.9 Å². The van der Waals surface area contributed by atoms with Crippen molar-refractivity contribution in [1.82, 2.24) is 5.32 Å². The molecule has 106 valence electrons. The first-order valence-corrected chi connectivity index (χ1v) is 6.28. The fourth-order valence-corrected chi connectivity index (χ4v) is 2.13. The highest BCUT2D eigenvalue weighted by Gasteiger charge is 2.45. The van der Waals surface area contributed by atoms with Crippen molar-refractivity contribution in [3.63, 3.8) is 0 Å². The largest absolute Gasteiger partial charge is 0.493 e. The number of methoxy groups -OCH3 is 1. The minimum absolute atomic E-state index is 0.117. The predicted molar refractivity (Wildman–Crippen MR) is 68.7 cm³/mol. The SMILES string of the molecule is COc1cccc(CNC2CC2(C)C)c1OC(F)F. The first-order valence-electron chi connectivity index (χ1n) is 6.28. The Labute approximate surface area is 111 Å². The van der Waals surface area contributed by atoms with Crippen molar-refractivity contribution in [3.8, 4) is 11.5 Å². The van der Waals surface area contributed by atoms with Gasteiger partial charge in [0.05, 0.1) is 7.11 Å². The molecule has 1 unspecified atom stereocenters. The Kier molecular flexibility index (Phi) is 3.94. The quantitative estimate of drug-likeness (QED) is 0.862. The maximum absolute atomic E-state index is 12.5. The molecule has 0 amide bonds. The zero-order valence-corrected chi connectivity index (χ0v) is 11.4. The summed E-state index contributed by atoms with van der Waals surface area (Å²) in [5.74, 6) is 0.445. The minimum Gasteiger partial charge on any atom is -0.493 e. The molecule has 1 aromatic carbocycles. The summed E-state index contributed by atoms with van der Waals surface area (Å²) in [5.41, 5.74) is 0.977. The van der Waals surface area contributed by atoms with Crippen molar-refractivity contribution in [3.05, 3.63) is 23.8 Å². The van der Waals surface area contributed by atoms with Gasteiger partial charge in [0.25, 0.3) is 0 Å². The maximum atomic E-state index is 12.5. The standard InChI is InChI=1S/C14H19F2NO2/c1-14(2)7-11(14)17-8-9-5-4-6-10(18-3)12(9)19-13(15)16/h4-6,11,13,17H,7-8H2,1-3H3. The van der Waals surface area contributed by atoms with Gasteiger partial charge < -0.3 is 14.8 Å². The first kappa shape index (κ1) is 14.1. The van der Waals surface area contributed by atoms with Crippen LogP contribution in [0.25, 0.3) is 0 Å². The van der Waals surface area contributed by atoms with Crippen LogP contribution in [0.5, 0.6) is 11.5 Å². The number of alkyl halides is 2. The van der Waals surface area contributed by atoms with Crippen LogP contribution in [0.4, 0.5) is 8.78 Å². The van der Waals surface area contributed by atoms with Crippen LogP contribution in [0.15, 0.2) is 18.2 Å². The fourth-order valence-electron chi connectivity index (χ4n) is 2.13. The molecular formula is C14H19F2NO2. The third-order valence-electron chi connectivity index (χ3n) is 3.54. The van der Waals surface area contributed by atoms with Gasteiger partial charge in [-0.15, -0.1) is 0 Å².